The van der Waals surface area contributed by atoms with Crippen LogP contribution in [0.2, 0.25) is 0 Å². The van der Waals surface area contributed by atoms with Gasteiger partial charge in [-0.15, -0.1) is 0 Å². The molecule has 4 heteroatoms. The zero-order valence-electron chi connectivity index (χ0n) is 24.8. The first kappa shape index (κ1) is 28.9. The van der Waals surface area contributed by atoms with Crippen molar-refractivity contribution in [1.29, 1.82) is 0 Å². The van der Waals surface area contributed by atoms with Crippen LogP contribution in [0.4, 0.5) is 0 Å². The van der Waals surface area contributed by atoms with E-state index in [4.69, 9.17) is 0 Å². The largest absolute Gasteiger partial charge is 0.303 e. The Morgan fingerprint density at radius 3 is 0.677 bits per heavy atom. The molecule has 0 saturated carbocycles. The normalized spacial score (nSPS) is 32.6. The van der Waals surface area contributed by atoms with Gasteiger partial charge in [0.25, 0.3) is 0 Å². The Bertz CT molecular complexity index is 609. The van der Waals surface area contributed by atoms with Crippen LogP contribution in [0.25, 0.3) is 0 Å². The summed E-state index contributed by atoms with van der Waals surface area (Å²) in [5.41, 5.74) is -0.809. The molecule has 1 aliphatic rings. The summed E-state index contributed by atoms with van der Waals surface area (Å²) in [5, 5.41) is 4.14. The summed E-state index contributed by atoms with van der Waals surface area (Å²) in [6, 6.07) is 0. The van der Waals surface area contributed by atoms with Crippen molar-refractivity contribution >= 4 is 0 Å². The smallest absolute Gasteiger partial charge is 0.0334 e. The van der Waals surface area contributed by atoms with Gasteiger partial charge in [-0.25, -0.2) is 0 Å². The van der Waals surface area contributed by atoms with Gasteiger partial charge < -0.3 is 5.32 Å². The summed E-state index contributed by atoms with van der Waals surface area (Å²) in [6.45, 7) is 38.4. The van der Waals surface area contributed by atoms with Crippen LogP contribution in [0, 0.1) is 0 Å². The van der Waals surface area contributed by atoms with Crippen molar-refractivity contribution in [2.24, 2.45) is 0 Å². The van der Waals surface area contributed by atoms with Crippen molar-refractivity contribution in [3.05, 3.63) is 0 Å². The van der Waals surface area contributed by atoms with E-state index in [2.05, 4.69) is 152 Å². The maximum absolute atomic E-state index is 4.14. The second kappa shape index (κ2) is 7.42. The van der Waals surface area contributed by atoms with Gasteiger partial charge in [0.15, 0.2) is 0 Å². The third kappa shape index (κ3) is 3.82. The average Bonchev–Trinajstić information content (AvgIpc) is 2.56. The van der Waals surface area contributed by atoms with Crippen LogP contribution >= 0.6 is 0 Å². The first-order valence-electron chi connectivity index (χ1n) is 12.2. The molecule has 4 nitrogen and oxygen atoms in total. The van der Waals surface area contributed by atoms with E-state index in [1.807, 2.05) is 0 Å². The van der Waals surface area contributed by atoms with Gasteiger partial charge in [-0.1, -0.05) is 0 Å². The Labute approximate surface area is 196 Å². The van der Waals surface area contributed by atoms with Gasteiger partial charge in [0.2, 0.25) is 0 Å². The zero-order valence-corrected chi connectivity index (χ0v) is 24.8. The number of hydrogen-bond acceptors (Lipinski definition) is 4. The van der Waals surface area contributed by atoms with E-state index in [0.29, 0.717) is 0 Å². The molecule has 0 amide bonds. The molecule has 1 saturated heterocycles. The van der Waals surface area contributed by atoms with E-state index in [-0.39, 0.29) is 44.3 Å². The van der Waals surface area contributed by atoms with Crippen molar-refractivity contribution in [1.82, 2.24) is 20.0 Å². The second-order valence-electron chi connectivity index (χ2n) is 14.4. The summed E-state index contributed by atoms with van der Waals surface area (Å²) in [6.07, 6.45) is 0. The van der Waals surface area contributed by atoms with Crippen molar-refractivity contribution in [2.45, 2.75) is 155 Å². The third-order valence-corrected chi connectivity index (χ3v) is 11.7. The van der Waals surface area contributed by atoms with E-state index >= 15 is 0 Å². The molecule has 0 bridgehead atoms. The maximum atomic E-state index is 4.14. The molecular weight excluding hydrogens is 380 g/mol. The van der Waals surface area contributed by atoms with Gasteiger partial charge >= 0.3 is 0 Å². The monoisotopic (exact) mass is 438 g/mol. The molecule has 0 radical (unpaired) electrons. The Hall–Kier alpha value is -0.160. The summed E-state index contributed by atoms with van der Waals surface area (Å²) in [4.78, 5) is 7.86. The molecule has 0 unspecified atom stereocenters. The van der Waals surface area contributed by atoms with Crippen LogP contribution in [0.3, 0.4) is 0 Å². The second-order valence-corrected chi connectivity index (χ2v) is 14.4. The molecule has 1 N–H and O–H groups in total. The number of hydrogen-bond donors (Lipinski definition) is 1. The summed E-state index contributed by atoms with van der Waals surface area (Å²) in [5.74, 6) is 0. The number of nitrogens with one attached hydrogen (secondary N) is 1. The predicted molar refractivity (Wildman–Crippen MR) is 139 cm³/mol. The van der Waals surface area contributed by atoms with E-state index < -0.39 is 0 Å². The number of nitrogens with zero attached hydrogens (tertiary/aromatic N) is 3. The SMILES string of the molecule is CN1C(C)(C)C(C)(C)NC(C)(C)C(C)(C)N(C)C(C)(C)C(C)(C)N(C)C(C)(C)C1(C)C. The van der Waals surface area contributed by atoms with Gasteiger partial charge in [0, 0.05) is 44.3 Å². The fourth-order valence-electron chi connectivity index (χ4n) is 5.66. The molecule has 31 heavy (non-hydrogen) atoms. The molecule has 1 heterocycles. The maximum Gasteiger partial charge on any atom is 0.0334 e. The molecule has 1 rings (SSSR count). The summed E-state index contributed by atoms with van der Waals surface area (Å²) in [7, 11) is 6.95. The standard InChI is InChI=1S/C27H58N4/c1-20(2)22(5,6)29(17)24(9,10)26(13,14)31(19)27(15,16)25(11,12)30(18)23(7,8)21(3,4)28-20/h28H,1-19H3. The van der Waals surface area contributed by atoms with Crippen LogP contribution in [-0.4, -0.2) is 80.2 Å². The third-order valence-electron chi connectivity index (χ3n) is 11.7. The quantitative estimate of drug-likeness (QED) is 0.530. The highest BCUT2D eigenvalue weighted by molar-refractivity contribution is 5.19. The lowest BCUT2D eigenvalue weighted by Gasteiger charge is -2.68. The van der Waals surface area contributed by atoms with Crippen molar-refractivity contribution < 1.29 is 0 Å². The molecular formula is C27H58N4. The van der Waals surface area contributed by atoms with Gasteiger partial charge in [-0.3, -0.25) is 14.7 Å². The van der Waals surface area contributed by atoms with Crippen LogP contribution in [0.5, 0.6) is 0 Å². The van der Waals surface area contributed by atoms with Crippen LogP contribution in [0.1, 0.15) is 111 Å². The van der Waals surface area contributed by atoms with Crippen LogP contribution in [0.15, 0.2) is 0 Å². The van der Waals surface area contributed by atoms with E-state index in [1.165, 1.54) is 0 Å². The lowest BCUT2D eigenvalue weighted by atomic mass is 9.66. The molecule has 1 aliphatic heterocycles. The van der Waals surface area contributed by atoms with E-state index in [0.717, 1.165) is 0 Å². The molecule has 0 atom stereocenters. The lowest BCUT2D eigenvalue weighted by molar-refractivity contribution is -0.161. The van der Waals surface area contributed by atoms with Crippen molar-refractivity contribution in [3.8, 4) is 0 Å². The highest BCUT2D eigenvalue weighted by atomic mass is 15.4. The zero-order chi connectivity index (χ0) is 25.4. The van der Waals surface area contributed by atoms with Crippen LogP contribution < -0.4 is 5.32 Å². The highest BCUT2D eigenvalue weighted by Crippen LogP contribution is 2.48. The molecule has 186 valence electrons. The Morgan fingerprint density at radius 2 is 0.484 bits per heavy atom. The minimum atomic E-state index is -0.131. The first-order valence-corrected chi connectivity index (χ1v) is 12.2. The van der Waals surface area contributed by atoms with Gasteiger partial charge in [0.1, 0.15) is 0 Å². The Kier molecular flexibility index (Phi) is 6.91. The molecule has 1 fully saturated rings. The molecule has 0 aliphatic carbocycles. The molecule has 0 aromatic heterocycles. The fourth-order valence-corrected chi connectivity index (χ4v) is 5.66. The average molecular weight is 439 g/mol. The molecule has 0 aromatic carbocycles. The minimum Gasteiger partial charge on any atom is -0.303 e. The van der Waals surface area contributed by atoms with E-state index in [1.54, 1.807) is 0 Å². The lowest BCUT2D eigenvalue weighted by Crippen LogP contribution is -2.82. The summed E-state index contributed by atoms with van der Waals surface area (Å²) >= 11 is 0. The fraction of sp³-hybridized carbons (Fsp3) is 1.00. The van der Waals surface area contributed by atoms with Gasteiger partial charge in [0.05, 0.1) is 0 Å². The van der Waals surface area contributed by atoms with Gasteiger partial charge in [-0.05, 0) is 132 Å². The topological polar surface area (TPSA) is 21.8 Å². The molecule has 0 aromatic rings. The van der Waals surface area contributed by atoms with Gasteiger partial charge in [-0.2, -0.15) is 0 Å². The number of rotatable bonds is 0. The molecule has 0 spiro atoms. The summed E-state index contributed by atoms with van der Waals surface area (Å²) < 4.78 is 0. The first-order chi connectivity index (χ1) is 13.2. The van der Waals surface area contributed by atoms with E-state index in [9.17, 15) is 0 Å². The predicted octanol–water partition coefficient (Wildman–Crippen LogP) is 5.61. The van der Waals surface area contributed by atoms with Crippen molar-refractivity contribution in [3.63, 3.8) is 0 Å². The van der Waals surface area contributed by atoms with Crippen molar-refractivity contribution in [2.75, 3.05) is 21.1 Å². The highest BCUT2D eigenvalue weighted by Gasteiger charge is 2.60. The Balaban J connectivity index is 4.01. The Morgan fingerprint density at radius 1 is 0.323 bits per heavy atom. The van der Waals surface area contributed by atoms with Crippen LogP contribution in [-0.2, 0) is 0 Å². The number of likely N-dealkylation sites (N-methyl/N-ethyl adjacent to an activating group) is 3. The minimum absolute atomic E-state index is 0.0877.